The zero-order valence-electron chi connectivity index (χ0n) is 19.5. The molecule has 34 heavy (non-hydrogen) atoms. The Balaban J connectivity index is 1.65. The minimum absolute atomic E-state index is 0.285. The first-order valence-electron chi connectivity index (χ1n) is 11.0. The number of fused-ring (bicyclic) bond motifs is 2. The first kappa shape index (κ1) is 21.8. The number of aryl methyl sites for hydroxylation is 3. The Morgan fingerprint density at radius 3 is 2.56 bits per heavy atom. The number of oxazole rings is 1. The summed E-state index contributed by atoms with van der Waals surface area (Å²) in [5.41, 5.74) is 6.58. The number of amides is 1. The molecule has 0 spiro atoms. The summed E-state index contributed by atoms with van der Waals surface area (Å²) in [5, 5.41) is 4.79. The van der Waals surface area contributed by atoms with Crippen LogP contribution in [-0.2, 0) is 11.8 Å². The van der Waals surface area contributed by atoms with E-state index in [2.05, 4.69) is 11.2 Å². The molecule has 0 bridgehead atoms. The van der Waals surface area contributed by atoms with E-state index in [1.54, 1.807) is 19.1 Å². The van der Waals surface area contributed by atoms with Gasteiger partial charge in [-0.25, -0.2) is 9.59 Å². The maximum atomic E-state index is 12.1. The Labute approximate surface area is 195 Å². The molecule has 2 aromatic carbocycles. The first-order chi connectivity index (χ1) is 16.4. The number of aromatic nitrogens is 2. The standard InChI is InChI=1S/C25H25N3O6/c1-14-10-16(12-19-21(14)34-26-23(19)31-4)18(6-5-7-28-8-9-32-25(28)30)17-11-15(2)22-20(13-17)27(3)24(29)33-22/h6,10-13H,5,7-9H2,1-4H3/b18-6+. The highest BCUT2D eigenvalue weighted by Crippen LogP contribution is 2.35. The van der Waals surface area contributed by atoms with E-state index in [-0.39, 0.29) is 6.09 Å². The minimum atomic E-state index is -0.403. The van der Waals surface area contributed by atoms with Gasteiger partial charge in [0, 0.05) is 13.6 Å². The van der Waals surface area contributed by atoms with Gasteiger partial charge in [0.25, 0.3) is 5.88 Å². The third-order valence-electron chi connectivity index (χ3n) is 6.21. The van der Waals surface area contributed by atoms with E-state index in [0.29, 0.717) is 43.2 Å². The SMILES string of the molecule is COc1noc2c(C)cc(/C(=C\CCN3CCOC3=O)c3cc(C)c4oc(=O)n(C)c4c3)cc12. The lowest BCUT2D eigenvalue weighted by atomic mass is 9.93. The Morgan fingerprint density at radius 2 is 1.85 bits per heavy atom. The summed E-state index contributed by atoms with van der Waals surface area (Å²) in [6.45, 7) is 5.44. The number of methoxy groups -OCH3 is 1. The van der Waals surface area contributed by atoms with Gasteiger partial charge in [-0.05, 0) is 77.5 Å². The summed E-state index contributed by atoms with van der Waals surface area (Å²) in [6.07, 6.45) is 2.45. The van der Waals surface area contributed by atoms with Gasteiger partial charge in [-0.1, -0.05) is 6.08 Å². The van der Waals surface area contributed by atoms with Crippen molar-refractivity contribution in [3.05, 3.63) is 63.1 Å². The molecule has 0 atom stereocenters. The fourth-order valence-electron chi connectivity index (χ4n) is 4.44. The average Bonchev–Trinajstić information content (AvgIpc) is 3.50. The van der Waals surface area contributed by atoms with Crippen LogP contribution in [0.2, 0.25) is 0 Å². The van der Waals surface area contributed by atoms with Gasteiger partial charge >= 0.3 is 11.8 Å². The number of rotatable bonds is 6. The number of hydrogen-bond donors (Lipinski definition) is 0. The Hall–Kier alpha value is -4.01. The van der Waals surface area contributed by atoms with Crippen LogP contribution in [0.1, 0.15) is 28.7 Å². The Kier molecular flexibility index (Phi) is 5.39. The molecule has 9 nitrogen and oxygen atoms in total. The highest BCUT2D eigenvalue weighted by Gasteiger charge is 2.21. The lowest BCUT2D eigenvalue weighted by Gasteiger charge is -2.14. The van der Waals surface area contributed by atoms with Crippen molar-refractivity contribution in [2.24, 2.45) is 7.05 Å². The lowest BCUT2D eigenvalue weighted by Crippen LogP contribution is -2.24. The number of benzene rings is 2. The monoisotopic (exact) mass is 463 g/mol. The number of cyclic esters (lactones) is 1. The molecule has 176 valence electrons. The molecule has 1 amide bonds. The fourth-order valence-corrected chi connectivity index (χ4v) is 4.44. The van der Waals surface area contributed by atoms with Crippen molar-refractivity contribution in [3.63, 3.8) is 0 Å². The maximum Gasteiger partial charge on any atom is 0.419 e. The van der Waals surface area contributed by atoms with Gasteiger partial charge in [0.15, 0.2) is 11.2 Å². The van der Waals surface area contributed by atoms with Crippen molar-refractivity contribution in [2.45, 2.75) is 20.3 Å². The lowest BCUT2D eigenvalue weighted by molar-refractivity contribution is 0.159. The molecular weight excluding hydrogens is 438 g/mol. The molecule has 9 heteroatoms. The van der Waals surface area contributed by atoms with Crippen molar-refractivity contribution < 1.29 is 23.2 Å². The number of carbonyl (C=O) groups excluding carboxylic acids is 1. The van der Waals surface area contributed by atoms with Gasteiger partial charge in [0.05, 0.1) is 24.6 Å². The van der Waals surface area contributed by atoms with Crippen LogP contribution >= 0.6 is 0 Å². The topological polar surface area (TPSA) is 99.9 Å². The van der Waals surface area contributed by atoms with Gasteiger partial charge in [-0.2, -0.15) is 0 Å². The van der Waals surface area contributed by atoms with Crippen LogP contribution in [0.15, 0.2) is 44.1 Å². The van der Waals surface area contributed by atoms with Crippen LogP contribution in [0.4, 0.5) is 4.79 Å². The van der Waals surface area contributed by atoms with Crippen molar-refractivity contribution >= 4 is 33.7 Å². The largest absolute Gasteiger partial charge is 0.478 e. The molecule has 0 aliphatic carbocycles. The van der Waals surface area contributed by atoms with E-state index in [1.807, 2.05) is 38.1 Å². The van der Waals surface area contributed by atoms with E-state index in [9.17, 15) is 9.59 Å². The van der Waals surface area contributed by atoms with Gasteiger partial charge in [-0.3, -0.25) is 4.57 Å². The molecule has 0 radical (unpaired) electrons. The molecule has 0 N–H and O–H groups in total. The maximum absolute atomic E-state index is 12.1. The van der Waals surface area contributed by atoms with Gasteiger partial charge in [0.2, 0.25) is 0 Å². The van der Waals surface area contributed by atoms with Gasteiger partial charge in [0.1, 0.15) is 6.61 Å². The fraction of sp³-hybridized carbons (Fsp3) is 0.320. The third kappa shape index (κ3) is 3.63. The normalized spacial score (nSPS) is 14.4. The summed E-state index contributed by atoms with van der Waals surface area (Å²) in [6, 6.07) is 7.98. The average molecular weight is 463 g/mol. The Morgan fingerprint density at radius 1 is 1.12 bits per heavy atom. The zero-order chi connectivity index (χ0) is 24.0. The number of hydrogen-bond acceptors (Lipinski definition) is 7. The summed E-state index contributed by atoms with van der Waals surface area (Å²) in [5.74, 6) is 0.0165. The van der Waals surface area contributed by atoms with Crippen molar-refractivity contribution in [1.82, 2.24) is 14.6 Å². The van der Waals surface area contributed by atoms with Crippen molar-refractivity contribution in [3.8, 4) is 5.88 Å². The highest BCUT2D eigenvalue weighted by atomic mass is 16.6. The molecule has 3 heterocycles. The second-order valence-electron chi connectivity index (χ2n) is 8.44. The Bertz CT molecular complexity index is 1510. The minimum Gasteiger partial charge on any atom is -0.478 e. The smallest absolute Gasteiger partial charge is 0.419 e. The van der Waals surface area contributed by atoms with E-state index < -0.39 is 5.76 Å². The number of ether oxygens (including phenoxy) is 2. The summed E-state index contributed by atoms with van der Waals surface area (Å²) >= 11 is 0. The van der Waals surface area contributed by atoms with Crippen LogP contribution < -0.4 is 10.5 Å². The molecule has 1 aliphatic rings. The predicted molar refractivity (Wildman–Crippen MR) is 126 cm³/mol. The van der Waals surface area contributed by atoms with Crippen LogP contribution in [0.3, 0.4) is 0 Å². The predicted octanol–water partition coefficient (Wildman–Crippen LogP) is 4.17. The quantitative estimate of drug-likeness (QED) is 0.423. The molecule has 4 aromatic rings. The van der Waals surface area contributed by atoms with Crippen LogP contribution in [0.25, 0.3) is 27.6 Å². The van der Waals surface area contributed by atoms with E-state index in [4.69, 9.17) is 18.4 Å². The first-order valence-corrected chi connectivity index (χ1v) is 11.0. The van der Waals surface area contributed by atoms with E-state index in [1.165, 1.54) is 4.57 Å². The number of nitrogens with zero attached hydrogens (tertiary/aromatic N) is 3. The molecule has 0 saturated carbocycles. The number of carbonyl (C=O) groups is 1. The summed E-state index contributed by atoms with van der Waals surface area (Å²) in [4.78, 5) is 25.7. The van der Waals surface area contributed by atoms with Crippen LogP contribution in [-0.4, -0.2) is 47.5 Å². The van der Waals surface area contributed by atoms with Gasteiger partial charge < -0.3 is 23.3 Å². The van der Waals surface area contributed by atoms with Crippen molar-refractivity contribution in [2.75, 3.05) is 26.8 Å². The molecule has 1 saturated heterocycles. The summed E-state index contributed by atoms with van der Waals surface area (Å²) < 4.78 is 22.8. The molecular formula is C25H25N3O6. The zero-order valence-corrected chi connectivity index (χ0v) is 19.5. The van der Waals surface area contributed by atoms with Crippen molar-refractivity contribution in [1.29, 1.82) is 0 Å². The molecule has 1 fully saturated rings. The van der Waals surface area contributed by atoms with E-state index >= 15 is 0 Å². The molecule has 5 rings (SSSR count). The molecule has 2 aromatic heterocycles. The van der Waals surface area contributed by atoms with Crippen LogP contribution in [0, 0.1) is 13.8 Å². The highest BCUT2D eigenvalue weighted by molar-refractivity contribution is 5.93. The summed E-state index contributed by atoms with van der Waals surface area (Å²) in [7, 11) is 3.25. The van der Waals surface area contributed by atoms with Gasteiger partial charge in [-0.15, -0.1) is 0 Å². The second-order valence-corrected chi connectivity index (χ2v) is 8.44. The third-order valence-corrected chi connectivity index (χ3v) is 6.21. The second kappa shape index (κ2) is 8.40. The van der Waals surface area contributed by atoms with E-state index in [0.717, 1.165) is 38.7 Å². The molecule has 0 unspecified atom stereocenters. The van der Waals surface area contributed by atoms with Crippen LogP contribution in [0.5, 0.6) is 5.88 Å². The molecule has 1 aliphatic heterocycles.